The molecular weight excluding hydrogens is 224 g/mol. The largest absolute Gasteiger partial charge is 0.373 e. The van der Waals surface area contributed by atoms with E-state index in [0.717, 1.165) is 26.1 Å². The van der Waals surface area contributed by atoms with Gasteiger partial charge in [0.05, 0.1) is 12.2 Å². The predicted octanol–water partition coefficient (Wildman–Crippen LogP) is 1.67. The van der Waals surface area contributed by atoms with Crippen molar-refractivity contribution < 1.29 is 4.74 Å². The van der Waals surface area contributed by atoms with Crippen molar-refractivity contribution in [2.75, 3.05) is 19.6 Å². The van der Waals surface area contributed by atoms with E-state index in [1.54, 1.807) is 0 Å². The van der Waals surface area contributed by atoms with Crippen LogP contribution in [0.2, 0.25) is 0 Å². The van der Waals surface area contributed by atoms with Crippen molar-refractivity contribution in [2.45, 2.75) is 38.5 Å². The molecule has 3 atom stereocenters. The Morgan fingerprint density at radius 1 is 1.22 bits per heavy atom. The molecule has 1 aliphatic rings. The van der Waals surface area contributed by atoms with Gasteiger partial charge in [0.25, 0.3) is 0 Å². The fourth-order valence-electron chi connectivity index (χ4n) is 2.75. The summed E-state index contributed by atoms with van der Waals surface area (Å²) < 4.78 is 5.73. The van der Waals surface area contributed by atoms with Crippen LogP contribution in [0.3, 0.4) is 0 Å². The van der Waals surface area contributed by atoms with Gasteiger partial charge in [0, 0.05) is 25.7 Å². The standard InChI is InChI=1S/C15H24N2O/c1-12-9-17(10-13(2)18-12)11-15(16)8-14-6-4-3-5-7-14/h3-7,12-13,15H,8-11,16H2,1-2H3. The molecule has 0 aliphatic carbocycles. The van der Waals surface area contributed by atoms with Gasteiger partial charge in [0.15, 0.2) is 0 Å². The SMILES string of the molecule is CC1CN(CC(N)Cc2ccccc2)CC(C)O1. The Bertz CT molecular complexity index is 345. The molecule has 3 unspecified atom stereocenters. The molecule has 0 spiro atoms. The fourth-order valence-corrected chi connectivity index (χ4v) is 2.75. The van der Waals surface area contributed by atoms with Gasteiger partial charge in [0.2, 0.25) is 0 Å². The van der Waals surface area contributed by atoms with Crippen molar-refractivity contribution in [1.82, 2.24) is 4.90 Å². The summed E-state index contributed by atoms with van der Waals surface area (Å²) >= 11 is 0. The zero-order valence-electron chi connectivity index (χ0n) is 11.4. The number of morpholine rings is 1. The zero-order valence-corrected chi connectivity index (χ0v) is 11.4. The first kappa shape index (κ1) is 13.5. The van der Waals surface area contributed by atoms with Crippen molar-refractivity contribution in [3.8, 4) is 0 Å². The first-order valence-electron chi connectivity index (χ1n) is 6.81. The van der Waals surface area contributed by atoms with Crippen LogP contribution >= 0.6 is 0 Å². The molecule has 0 radical (unpaired) electrons. The second-order valence-corrected chi connectivity index (χ2v) is 5.43. The number of benzene rings is 1. The molecule has 2 rings (SSSR count). The van der Waals surface area contributed by atoms with E-state index < -0.39 is 0 Å². The third-order valence-corrected chi connectivity index (χ3v) is 3.33. The van der Waals surface area contributed by atoms with E-state index in [2.05, 4.69) is 43.0 Å². The summed E-state index contributed by atoms with van der Waals surface area (Å²) in [6, 6.07) is 10.7. The lowest BCUT2D eigenvalue weighted by Gasteiger charge is -2.36. The van der Waals surface area contributed by atoms with Crippen LogP contribution in [0.25, 0.3) is 0 Å². The Hall–Kier alpha value is -0.900. The van der Waals surface area contributed by atoms with E-state index in [-0.39, 0.29) is 6.04 Å². The minimum absolute atomic E-state index is 0.199. The van der Waals surface area contributed by atoms with Crippen molar-refractivity contribution in [3.05, 3.63) is 35.9 Å². The molecule has 3 nitrogen and oxygen atoms in total. The first-order valence-corrected chi connectivity index (χ1v) is 6.81. The molecule has 1 aromatic rings. The Morgan fingerprint density at radius 3 is 2.44 bits per heavy atom. The molecule has 0 saturated carbocycles. The summed E-state index contributed by atoms with van der Waals surface area (Å²) in [6.07, 6.45) is 1.58. The molecular formula is C15H24N2O. The molecule has 1 heterocycles. The van der Waals surface area contributed by atoms with Gasteiger partial charge in [-0.25, -0.2) is 0 Å². The third-order valence-electron chi connectivity index (χ3n) is 3.33. The first-order chi connectivity index (χ1) is 8.63. The lowest BCUT2D eigenvalue weighted by atomic mass is 10.1. The van der Waals surface area contributed by atoms with Gasteiger partial charge in [-0.05, 0) is 25.8 Å². The van der Waals surface area contributed by atoms with Crippen molar-refractivity contribution in [3.63, 3.8) is 0 Å². The quantitative estimate of drug-likeness (QED) is 0.881. The lowest BCUT2D eigenvalue weighted by Crippen LogP contribution is -2.49. The Morgan fingerprint density at radius 2 is 1.83 bits per heavy atom. The number of nitrogens with two attached hydrogens (primary N) is 1. The number of nitrogens with zero attached hydrogens (tertiary/aromatic N) is 1. The van der Waals surface area contributed by atoms with Crippen LogP contribution in [-0.4, -0.2) is 42.8 Å². The third kappa shape index (κ3) is 4.09. The summed E-state index contributed by atoms with van der Waals surface area (Å²) in [5.41, 5.74) is 7.56. The number of hydrogen-bond acceptors (Lipinski definition) is 3. The number of hydrogen-bond donors (Lipinski definition) is 1. The van der Waals surface area contributed by atoms with Crippen LogP contribution in [0.5, 0.6) is 0 Å². The van der Waals surface area contributed by atoms with Crippen molar-refractivity contribution in [1.29, 1.82) is 0 Å². The van der Waals surface area contributed by atoms with Gasteiger partial charge in [-0.3, -0.25) is 4.90 Å². The molecule has 1 saturated heterocycles. The van der Waals surface area contributed by atoms with Gasteiger partial charge in [-0.2, -0.15) is 0 Å². The van der Waals surface area contributed by atoms with Gasteiger partial charge in [0.1, 0.15) is 0 Å². The van der Waals surface area contributed by atoms with Crippen LogP contribution in [0, 0.1) is 0 Å². The fraction of sp³-hybridized carbons (Fsp3) is 0.600. The molecule has 2 N–H and O–H groups in total. The average molecular weight is 248 g/mol. The van der Waals surface area contributed by atoms with E-state index in [9.17, 15) is 0 Å². The summed E-state index contributed by atoms with van der Waals surface area (Å²) in [4.78, 5) is 2.42. The monoisotopic (exact) mass is 248 g/mol. The zero-order chi connectivity index (χ0) is 13.0. The Kier molecular flexibility index (Phi) is 4.75. The second kappa shape index (κ2) is 6.32. The smallest absolute Gasteiger partial charge is 0.0678 e. The lowest BCUT2D eigenvalue weighted by molar-refractivity contribution is -0.0690. The minimum atomic E-state index is 0.199. The Labute approximate surface area is 110 Å². The molecule has 100 valence electrons. The van der Waals surface area contributed by atoms with Gasteiger partial charge < -0.3 is 10.5 Å². The van der Waals surface area contributed by atoms with Crippen LogP contribution in [-0.2, 0) is 11.2 Å². The highest BCUT2D eigenvalue weighted by atomic mass is 16.5. The second-order valence-electron chi connectivity index (χ2n) is 5.43. The normalized spacial score (nSPS) is 27.1. The molecule has 0 aromatic heterocycles. The van der Waals surface area contributed by atoms with E-state index in [1.807, 2.05) is 6.07 Å². The maximum Gasteiger partial charge on any atom is 0.0678 e. The summed E-state index contributed by atoms with van der Waals surface area (Å²) in [7, 11) is 0. The molecule has 1 aromatic carbocycles. The molecule has 0 amide bonds. The topological polar surface area (TPSA) is 38.5 Å². The predicted molar refractivity (Wildman–Crippen MR) is 74.6 cm³/mol. The van der Waals surface area contributed by atoms with Crippen molar-refractivity contribution >= 4 is 0 Å². The molecule has 0 bridgehead atoms. The van der Waals surface area contributed by atoms with Crippen LogP contribution in [0.4, 0.5) is 0 Å². The maximum atomic E-state index is 6.24. The van der Waals surface area contributed by atoms with Gasteiger partial charge in [-0.1, -0.05) is 30.3 Å². The summed E-state index contributed by atoms with van der Waals surface area (Å²) in [5, 5.41) is 0. The van der Waals surface area contributed by atoms with Crippen LogP contribution < -0.4 is 5.73 Å². The highest BCUT2D eigenvalue weighted by Gasteiger charge is 2.23. The van der Waals surface area contributed by atoms with Gasteiger partial charge in [-0.15, -0.1) is 0 Å². The van der Waals surface area contributed by atoms with Crippen LogP contribution in [0.1, 0.15) is 19.4 Å². The average Bonchev–Trinajstić information content (AvgIpc) is 2.28. The van der Waals surface area contributed by atoms with E-state index in [1.165, 1.54) is 5.56 Å². The highest BCUT2D eigenvalue weighted by Crippen LogP contribution is 2.11. The number of rotatable bonds is 4. The minimum Gasteiger partial charge on any atom is -0.373 e. The molecule has 1 fully saturated rings. The maximum absolute atomic E-state index is 6.24. The van der Waals surface area contributed by atoms with E-state index in [0.29, 0.717) is 12.2 Å². The van der Waals surface area contributed by atoms with Gasteiger partial charge >= 0.3 is 0 Å². The Balaban J connectivity index is 1.82. The molecule has 3 heteroatoms. The van der Waals surface area contributed by atoms with Crippen LogP contribution in [0.15, 0.2) is 30.3 Å². The summed E-state index contributed by atoms with van der Waals surface area (Å²) in [5.74, 6) is 0. The van der Waals surface area contributed by atoms with E-state index in [4.69, 9.17) is 10.5 Å². The molecule has 18 heavy (non-hydrogen) atoms. The van der Waals surface area contributed by atoms with Crippen molar-refractivity contribution in [2.24, 2.45) is 5.73 Å². The summed E-state index contributed by atoms with van der Waals surface area (Å²) in [6.45, 7) is 7.20. The van der Waals surface area contributed by atoms with E-state index >= 15 is 0 Å². The number of ether oxygens (including phenoxy) is 1. The highest BCUT2D eigenvalue weighted by molar-refractivity contribution is 5.15. The molecule has 1 aliphatic heterocycles.